The van der Waals surface area contributed by atoms with Gasteiger partial charge in [-0.05, 0) is 18.2 Å². The van der Waals surface area contributed by atoms with Crippen LogP contribution >= 0.6 is 19.0 Å². The van der Waals surface area contributed by atoms with Gasteiger partial charge < -0.3 is 13.8 Å². The second-order valence-electron chi connectivity index (χ2n) is 3.29. The van der Waals surface area contributed by atoms with Gasteiger partial charge in [-0.3, -0.25) is 0 Å². The quantitative estimate of drug-likeness (QED) is 0.659. The number of ether oxygens (including phenoxy) is 1. The van der Waals surface area contributed by atoms with Crippen LogP contribution in [0.3, 0.4) is 0 Å². The second kappa shape index (κ2) is 4.21. The van der Waals surface area contributed by atoms with Crippen LogP contribution in [0.1, 0.15) is 13.8 Å². The summed E-state index contributed by atoms with van der Waals surface area (Å²) in [7, 11) is 0.525. The molecule has 1 aliphatic rings. The Morgan fingerprint density at radius 1 is 1.50 bits per heavy atom. The van der Waals surface area contributed by atoms with Crippen LogP contribution in [0.25, 0.3) is 0 Å². The van der Waals surface area contributed by atoms with Crippen LogP contribution in [0.5, 0.6) is 0 Å². The zero-order valence-electron chi connectivity index (χ0n) is 7.54. The number of halogens is 1. The van der Waals surface area contributed by atoms with Gasteiger partial charge in [-0.25, -0.2) is 0 Å². The molecule has 1 aliphatic heterocycles. The number of hydrogen-bond donors (Lipinski definition) is 0. The molecule has 0 N–H and O–H groups in total. The third-order valence-corrected chi connectivity index (χ3v) is 3.58. The van der Waals surface area contributed by atoms with Crippen molar-refractivity contribution < 1.29 is 13.8 Å². The molecular weight excluding hydrogens is 199 g/mol. The van der Waals surface area contributed by atoms with Crippen LogP contribution in [-0.4, -0.2) is 26.4 Å². The van der Waals surface area contributed by atoms with Gasteiger partial charge in [-0.1, -0.05) is 6.92 Å². The minimum Gasteiger partial charge on any atom is -0.381 e. The SMILES string of the molecule is COC(C)C1(C)COP(Cl)OC1. The van der Waals surface area contributed by atoms with Gasteiger partial charge in [-0.15, -0.1) is 0 Å². The van der Waals surface area contributed by atoms with E-state index in [9.17, 15) is 0 Å². The van der Waals surface area contributed by atoms with Gasteiger partial charge in [0.15, 0.2) is 0 Å². The number of hydrogen-bond acceptors (Lipinski definition) is 3. The van der Waals surface area contributed by atoms with Crippen molar-refractivity contribution in [3.63, 3.8) is 0 Å². The third-order valence-electron chi connectivity index (χ3n) is 2.33. The number of rotatable bonds is 2. The van der Waals surface area contributed by atoms with Gasteiger partial charge >= 0.3 is 0 Å². The first-order chi connectivity index (χ1) is 5.58. The lowest BCUT2D eigenvalue weighted by Gasteiger charge is -2.38. The molecule has 0 amide bonds. The highest BCUT2D eigenvalue weighted by molar-refractivity contribution is 7.76. The summed E-state index contributed by atoms with van der Waals surface area (Å²) in [6.07, 6.45) is 0.123. The normalized spacial score (nSPS) is 39.5. The molecular formula is C7H14ClO3P. The van der Waals surface area contributed by atoms with Crippen LogP contribution in [0.4, 0.5) is 0 Å². The van der Waals surface area contributed by atoms with Gasteiger partial charge in [0.05, 0.1) is 19.3 Å². The molecule has 0 bridgehead atoms. The Morgan fingerprint density at radius 3 is 2.42 bits per heavy atom. The number of methoxy groups -OCH3 is 1. The molecule has 0 aromatic carbocycles. The topological polar surface area (TPSA) is 27.7 Å². The lowest BCUT2D eigenvalue weighted by molar-refractivity contribution is -0.0587. The van der Waals surface area contributed by atoms with Crippen molar-refractivity contribution in [2.24, 2.45) is 5.41 Å². The van der Waals surface area contributed by atoms with E-state index in [1.807, 2.05) is 6.92 Å². The predicted molar refractivity (Wildman–Crippen MR) is 49.3 cm³/mol. The van der Waals surface area contributed by atoms with Crippen LogP contribution in [-0.2, 0) is 13.8 Å². The lowest BCUT2D eigenvalue weighted by atomic mass is 9.87. The molecule has 0 aromatic heterocycles. The summed E-state index contributed by atoms with van der Waals surface area (Å²) in [6, 6.07) is 0. The lowest BCUT2D eigenvalue weighted by Crippen LogP contribution is -2.41. The van der Waals surface area contributed by atoms with E-state index in [1.54, 1.807) is 7.11 Å². The van der Waals surface area contributed by atoms with E-state index in [4.69, 9.17) is 25.0 Å². The average molecular weight is 213 g/mol. The van der Waals surface area contributed by atoms with E-state index in [0.29, 0.717) is 13.2 Å². The maximum Gasteiger partial charge on any atom is 0.276 e. The molecule has 1 saturated heterocycles. The molecule has 0 aromatic rings. The van der Waals surface area contributed by atoms with Gasteiger partial charge in [0.2, 0.25) is 0 Å². The summed E-state index contributed by atoms with van der Waals surface area (Å²) in [6.45, 7) is 5.29. The summed E-state index contributed by atoms with van der Waals surface area (Å²) in [5, 5.41) is 0. The standard InChI is InChI=1S/C7H14ClO3P/c1-6(9-3)7(2)4-10-12(8)11-5-7/h6H,4-5H2,1-3H3. The van der Waals surface area contributed by atoms with Crippen molar-refractivity contribution in [2.75, 3.05) is 20.3 Å². The monoisotopic (exact) mass is 212 g/mol. The fourth-order valence-corrected chi connectivity index (χ4v) is 2.15. The van der Waals surface area contributed by atoms with Crippen LogP contribution < -0.4 is 0 Å². The van der Waals surface area contributed by atoms with Crippen LogP contribution in [0, 0.1) is 5.41 Å². The molecule has 1 rings (SSSR count). The van der Waals surface area contributed by atoms with E-state index in [0.717, 1.165) is 0 Å². The minimum absolute atomic E-state index is 0.0670. The molecule has 5 heteroatoms. The molecule has 1 atom stereocenters. The van der Waals surface area contributed by atoms with Crippen molar-refractivity contribution in [1.29, 1.82) is 0 Å². The van der Waals surface area contributed by atoms with E-state index in [1.165, 1.54) is 0 Å². The molecule has 12 heavy (non-hydrogen) atoms. The van der Waals surface area contributed by atoms with Crippen LogP contribution in [0.15, 0.2) is 0 Å². The van der Waals surface area contributed by atoms with E-state index in [-0.39, 0.29) is 11.5 Å². The third kappa shape index (κ3) is 2.30. The van der Waals surface area contributed by atoms with E-state index in [2.05, 4.69) is 6.92 Å². The Kier molecular flexibility index (Phi) is 3.74. The highest BCUT2D eigenvalue weighted by Gasteiger charge is 2.37. The summed E-state index contributed by atoms with van der Waals surface area (Å²) >= 11 is 5.67. The van der Waals surface area contributed by atoms with Crippen LogP contribution in [0.2, 0.25) is 0 Å². The van der Waals surface area contributed by atoms with Crippen molar-refractivity contribution in [3.8, 4) is 0 Å². The highest BCUT2D eigenvalue weighted by atomic mass is 35.7. The summed E-state index contributed by atoms with van der Waals surface area (Å²) in [5.74, 6) is 0. The molecule has 0 radical (unpaired) electrons. The zero-order valence-corrected chi connectivity index (χ0v) is 9.19. The maximum absolute atomic E-state index is 5.67. The molecule has 1 heterocycles. The minimum atomic E-state index is -1.16. The average Bonchev–Trinajstić information content (AvgIpc) is 2.09. The van der Waals surface area contributed by atoms with Crippen molar-refractivity contribution in [2.45, 2.75) is 20.0 Å². The Morgan fingerprint density at radius 2 is 2.00 bits per heavy atom. The van der Waals surface area contributed by atoms with Gasteiger partial charge in [-0.2, -0.15) is 0 Å². The highest BCUT2D eigenvalue weighted by Crippen LogP contribution is 2.50. The molecule has 1 fully saturated rings. The van der Waals surface area contributed by atoms with Gasteiger partial charge in [0, 0.05) is 12.5 Å². The largest absolute Gasteiger partial charge is 0.381 e. The molecule has 72 valence electrons. The smallest absolute Gasteiger partial charge is 0.276 e. The fraction of sp³-hybridized carbons (Fsp3) is 1.00. The first-order valence-electron chi connectivity index (χ1n) is 3.83. The van der Waals surface area contributed by atoms with Crippen molar-refractivity contribution in [1.82, 2.24) is 0 Å². The first kappa shape index (κ1) is 10.7. The Balaban J connectivity index is 2.49. The Hall–Kier alpha value is 0.600. The predicted octanol–water partition coefficient (Wildman–Crippen LogP) is 2.54. The fourth-order valence-electron chi connectivity index (χ4n) is 0.995. The van der Waals surface area contributed by atoms with Crippen molar-refractivity contribution in [3.05, 3.63) is 0 Å². The first-order valence-corrected chi connectivity index (χ1v) is 5.91. The molecule has 1 unspecified atom stereocenters. The van der Waals surface area contributed by atoms with Gasteiger partial charge in [0.25, 0.3) is 7.73 Å². The molecule has 0 aliphatic carbocycles. The summed E-state index contributed by atoms with van der Waals surface area (Å²) in [4.78, 5) is 0. The van der Waals surface area contributed by atoms with Gasteiger partial charge in [0.1, 0.15) is 0 Å². The summed E-state index contributed by atoms with van der Waals surface area (Å²) < 4.78 is 15.7. The summed E-state index contributed by atoms with van der Waals surface area (Å²) in [5.41, 5.74) is -0.0670. The van der Waals surface area contributed by atoms with E-state index >= 15 is 0 Å². The zero-order chi connectivity index (χ0) is 9.19. The van der Waals surface area contributed by atoms with Crippen molar-refractivity contribution >= 4 is 19.0 Å². The maximum atomic E-state index is 5.67. The Labute approximate surface area is 79.0 Å². The van der Waals surface area contributed by atoms with E-state index < -0.39 is 7.73 Å². The molecule has 3 nitrogen and oxygen atoms in total. The molecule has 0 saturated carbocycles. The second-order valence-corrected chi connectivity index (χ2v) is 5.06. The molecule has 0 spiro atoms. The Bertz CT molecular complexity index is 148.